The number of aromatic nitrogens is 6. The number of nitrogens with one attached hydrogen (secondary N) is 8. The zero-order chi connectivity index (χ0) is 48.2. The average molecular weight is 908 g/mol. The molecule has 348 valence electrons. The van der Waals surface area contributed by atoms with Crippen LogP contribution in [0.3, 0.4) is 0 Å². The van der Waals surface area contributed by atoms with E-state index in [9.17, 15) is 28.8 Å². The first kappa shape index (κ1) is 50.1. The minimum absolute atomic E-state index is 0.000147. The molecule has 0 radical (unpaired) electrons. The molecule has 0 aliphatic heterocycles. The summed E-state index contributed by atoms with van der Waals surface area (Å²) in [5.74, 6) is -1.70. The molecule has 1 aromatic carbocycles. The zero-order valence-corrected chi connectivity index (χ0v) is 37.4. The smallest absolute Gasteiger partial charge is 0.410 e. The maximum atomic E-state index is 13.2. The first-order valence-corrected chi connectivity index (χ1v) is 20.6. The van der Waals surface area contributed by atoms with Gasteiger partial charge in [0, 0.05) is 80.1 Å². The normalized spacial score (nSPS) is 11.0. The summed E-state index contributed by atoms with van der Waals surface area (Å²) in [6.07, 6.45) is 9.57. The van der Waals surface area contributed by atoms with Gasteiger partial charge in [0.05, 0.1) is 0 Å². The van der Waals surface area contributed by atoms with Gasteiger partial charge in [-0.1, -0.05) is 19.9 Å². The van der Waals surface area contributed by atoms with Gasteiger partial charge in [-0.15, -0.1) is 0 Å². The van der Waals surface area contributed by atoms with Crippen LogP contribution in [0.5, 0.6) is 0 Å². The van der Waals surface area contributed by atoms with Crippen LogP contribution in [0, 0.1) is 0 Å². The number of benzene rings is 1. The molecule has 4 aromatic heterocycles. The molecule has 9 N–H and O–H groups in total. The second-order valence-electron chi connectivity index (χ2n) is 15.0. The molecule has 0 spiro atoms. The molecule has 5 aromatic rings. The fourth-order valence-corrected chi connectivity index (χ4v) is 5.15. The Kier molecular flexibility index (Phi) is 18.5. The predicted molar refractivity (Wildman–Crippen MR) is 249 cm³/mol. The Bertz CT molecular complexity index is 2460. The maximum Gasteiger partial charge on any atom is 0.410 e. The quantitative estimate of drug-likeness (QED) is 0.0490. The number of carboxylic acids is 1. The molecular formula is C43H53N15O8. The maximum absolute atomic E-state index is 13.2. The van der Waals surface area contributed by atoms with Crippen molar-refractivity contribution in [3.8, 4) is 0 Å². The van der Waals surface area contributed by atoms with Gasteiger partial charge >= 0.3 is 24.1 Å². The van der Waals surface area contributed by atoms with Crippen molar-refractivity contribution in [1.82, 2.24) is 34.8 Å². The molecule has 1 atom stereocenters. The number of likely N-dealkylation sites (N-methyl/N-ethyl adjacent to an activating group) is 1. The number of ether oxygens (including phenoxy) is 1. The Hall–Kier alpha value is -8.50. The highest BCUT2D eigenvalue weighted by Crippen LogP contribution is 2.21. The summed E-state index contributed by atoms with van der Waals surface area (Å²) in [5.41, 5.74) is 1.30. The molecule has 0 unspecified atom stereocenters. The van der Waals surface area contributed by atoms with Crippen LogP contribution >= 0.6 is 0 Å². The van der Waals surface area contributed by atoms with Crippen LogP contribution in [-0.4, -0.2) is 108 Å². The molecule has 0 bridgehead atoms. The van der Waals surface area contributed by atoms with E-state index in [4.69, 9.17) is 9.84 Å². The Morgan fingerprint density at radius 3 is 1.61 bits per heavy atom. The number of carbonyl (C=O) groups excluding carboxylic acids is 5. The van der Waals surface area contributed by atoms with Crippen LogP contribution in [0.15, 0.2) is 85.7 Å². The zero-order valence-electron chi connectivity index (χ0n) is 37.4. The highest BCUT2D eigenvalue weighted by Gasteiger charge is 2.27. The Balaban J connectivity index is 0.000000347. The van der Waals surface area contributed by atoms with Gasteiger partial charge in [0.2, 0.25) is 17.8 Å². The van der Waals surface area contributed by atoms with Gasteiger partial charge in [-0.25, -0.2) is 29.1 Å². The molecule has 23 nitrogen and oxygen atoms in total. The first-order chi connectivity index (χ1) is 31.5. The topological polar surface area (TPSA) is 309 Å². The van der Waals surface area contributed by atoms with E-state index in [1.165, 1.54) is 18.1 Å². The standard InChI is InChI=1S/C29H37N9O5.C14H16N6O3/c1-7-13-31-23-22(17-32-26(36-23)37-27(41)35-19-11-14-30-15-12-19)25(40)34-21-10-8-9-20(16-21)33-24(39)18(2)38(6)28(42)43-29(3,4)5;1-2-5-16-11-10(12(21)22)8-17-13(19-11)20-14(23)18-9-3-6-15-7-4-9/h8-12,14-18H,7,13H2,1-6H3,(H,33,39)(H,34,40)(H3,30,31,32,35,36,37,41);3-4,6-8H,2,5H2,1H3,(H,21,22)(H3,15,16,17,18,19,20,23)/t18-;/m0./s1. The van der Waals surface area contributed by atoms with Crippen LogP contribution in [0.25, 0.3) is 0 Å². The number of pyridine rings is 2. The lowest BCUT2D eigenvalue weighted by molar-refractivity contribution is -0.120. The van der Waals surface area contributed by atoms with Gasteiger partial charge in [-0.3, -0.25) is 35.1 Å². The molecule has 0 fully saturated rings. The van der Waals surface area contributed by atoms with Gasteiger partial charge < -0.3 is 41.7 Å². The van der Waals surface area contributed by atoms with Crippen molar-refractivity contribution in [2.45, 2.75) is 66.0 Å². The second kappa shape index (κ2) is 24.4. The number of carbonyl (C=O) groups is 6. The number of hydrogen-bond acceptors (Lipinski definition) is 15. The average Bonchev–Trinajstić information content (AvgIpc) is 3.27. The number of nitrogens with zero attached hydrogens (tertiary/aromatic N) is 7. The number of carboxylic acid groups (broad SMARTS) is 1. The highest BCUT2D eigenvalue weighted by molar-refractivity contribution is 6.08. The van der Waals surface area contributed by atoms with Gasteiger partial charge in [-0.05, 0) is 83.0 Å². The summed E-state index contributed by atoms with van der Waals surface area (Å²) in [6, 6.07) is 11.1. The molecule has 0 aliphatic carbocycles. The van der Waals surface area contributed by atoms with Gasteiger partial charge in [0.15, 0.2) is 0 Å². The SMILES string of the molecule is CCCNc1nc(NC(=O)Nc2ccncc2)ncc1C(=O)Nc1cccc(NC(=O)[C@H](C)N(C)C(=O)OC(C)(C)C)c1.CCCNc1nc(NC(=O)Nc2ccncc2)ncc1C(=O)O. The van der Waals surface area contributed by atoms with Crippen LogP contribution in [-0.2, 0) is 9.53 Å². The van der Waals surface area contributed by atoms with Gasteiger partial charge in [-0.2, -0.15) is 9.97 Å². The summed E-state index contributed by atoms with van der Waals surface area (Å²) in [5, 5.41) is 30.8. The summed E-state index contributed by atoms with van der Waals surface area (Å²) in [7, 11) is 1.48. The van der Waals surface area contributed by atoms with Crippen molar-refractivity contribution in [1.29, 1.82) is 0 Å². The minimum Gasteiger partial charge on any atom is -0.477 e. The fourth-order valence-electron chi connectivity index (χ4n) is 5.15. The van der Waals surface area contributed by atoms with E-state index >= 15 is 0 Å². The Morgan fingerprint density at radius 2 is 1.14 bits per heavy atom. The number of hydrogen-bond donors (Lipinski definition) is 9. The lowest BCUT2D eigenvalue weighted by Gasteiger charge is -2.28. The van der Waals surface area contributed by atoms with Crippen LogP contribution in [0.4, 0.5) is 60.7 Å². The van der Waals surface area contributed by atoms with E-state index in [0.29, 0.717) is 35.8 Å². The Morgan fingerprint density at radius 1 is 0.667 bits per heavy atom. The third-order valence-electron chi connectivity index (χ3n) is 8.49. The lowest BCUT2D eigenvalue weighted by Crippen LogP contribution is -2.45. The summed E-state index contributed by atoms with van der Waals surface area (Å²) < 4.78 is 5.33. The van der Waals surface area contributed by atoms with E-state index in [1.807, 2.05) is 13.8 Å². The van der Waals surface area contributed by atoms with Crippen molar-refractivity contribution in [2.24, 2.45) is 0 Å². The third kappa shape index (κ3) is 16.3. The van der Waals surface area contributed by atoms with E-state index in [-0.39, 0.29) is 34.7 Å². The molecule has 0 saturated carbocycles. The van der Waals surface area contributed by atoms with E-state index in [1.54, 1.807) is 101 Å². The van der Waals surface area contributed by atoms with Gasteiger partial charge in [0.1, 0.15) is 34.4 Å². The molecule has 4 heterocycles. The largest absolute Gasteiger partial charge is 0.477 e. The van der Waals surface area contributed by atoms with E-state index in [0.717, 1.165) is 19.0 Å². The summed E-state index contributed by atoms with van der Waals surface area (Å²) in [4.78, 5) is 99.0. The molecule has 0 saturated heterocycles. The number of urea groups is 2. The van der Waals surface area contributed by atoms with Crippen LogP contribution in [0.1, 0.15) is 75.1 Å². The van der Waals surface area contributed by atoms with Crippen LogP contribution in [0.2, 0.25) is 0 Å². The number of anilines is 8. The molecule has 5 rings (SSSR count). The minimum atomic E-state index is -1.14. The number of amides is 7. The van der Waals surface area contributed by atoms with Gasteiger partial charge in [0.25, 0.3) is 5.91 Å². The number of aromatic carboxylic acids is 1. The fraction of sp³-hybridized carbons (Fsp3) is 0.302. The molecule has 66 heavy (non-hydrogen) atoms. The highest BCUT2D eigenvalue weighted by atomic mass is 16.6. The number of rotatable bonds is 16. The monoisotopic (exact) mass is 907 g/mol. The molecule has 23 heteroatoms. The van der Waals surface area contributed by atoms with Crippen molar-refractivity contribution in [3.05, 3.63) is 96.8 Å². The molecule has 7 amide bonds. The third-order valence-corrected chi connectivity index (χ3v) is 8.49. The van der Waals surface area contributed by atoms with E-state index < -0.39 is 47.6 Å². The van der Waals surface area contributed by atoms with Crippen LogP contribution < -0.4 is 42.5 Å². The summed E-state index contributed by atoms with van der Waals surface area (Å²) >= 11 is 0. The Labute approximate surface area is 380 Å². The van der Waals surface area contributed by atoms with E-state index in [2.05, 4.69) is 72.4 Å². The van der Waals surface area contributed by atoms with Crippen molar-refractivity contribution in [2.75, 3.05) is 62.7 Å². The predicted octanol–water partition coefficient (Wildman–Crippen LogP) is 6.82. The van der Waals surface area contributed by atoms with Crippen molar-refractivity contribution in [3.63, 3.8) is 0 Å². The second-order valence-corrected chi connectivity index (χ2v) is 15.0. The van der Waals surface area contributed by atoms with Crippen molar-refractivity contribution < 1.29 is 38.6 Å². The van der Waals surface area contributed by atoms with Crippen molar-refractivity contribution >= 4 is 82.2 Å². The summed E-state index contributed by atoms with van der Waals surface area (Å²) in [6.45, 7) is 11.8. The lowest BCUT2D eigenvalue weighted by atomic mass is 10.2. The molecular weight excluding hydrogens is 855 g/mol. The first-order valence-electron chi connectivity index (χ1n) is 20.6. The molecule has 0 aliphatic rings.